The highest BCUT2D eigenvalue weighted by Crippen LogP contribution is 2.17. The lowest BCUT2D eigenvalue weighted by molar-refractivity contribution is -0.122. The third-order valence-electron chi connectivity index (χ3n) is 2.25. The summed E-state index contributed by atoms with van der Waals surface area (Å²) < 4.78 is 0. The molecule has 0 radical (unpaired) electrons. The largest absolute Gasteiger partial charge is 0.354 e. The maximum absolute atomic E-state index is 11.3. The van der Waals surface area contributed by atoms with E-state index in [0.717, 1.165) is 0 Å². The highest BCUT2D eigenvalue weighted by Gasteiger charge is 2.20. The van der Waals surface area contributed by atoms with Crippen LogP contribution in [0.1, 0.15) is 33.1 Å². The zero-order chi connectivity index (χ0) is 12.0. The number of hydrogen-bond acceptors (Lipinski definition) is 3. The van der Waals surface area contributed by atoms with Gasteiger partial charge < -0.3 is 16.0 Å². The molecule has 0 aromatic carbocycles. The number of carbonyl (C=O) groups excluding carboxylic acids is 2. The van der Waals surface area contributed by atoms with Crippen molar-refractivity contribution in [1.82, 2.24) is 16.0 Å². The van der Waals surface area contributed by atoms with Crippen LogP contribution in [0, 0.1) is 0 Å². The topological polar surface area (TPSA) is 70.2 Å². The van der Waals surface area contributed by atoms with E-state index in [-0.39, 0.29) is 17.9 Å². The van der Waals surface area contributed by atoms with Crippen molar-refractivity contribution in [3.8, 4) is 0 Å². The molecule has 3 N–H and O–H groups in total. The Bertz CT molecular complexity index is 250. The molecule has 0 aliphatic heterocycles. The van der Waals surface area contributed by atoms with Gasteiger partial charge in [0.05, 0.1) is 6.54 Å². The third kappa shape index (κ3) is 6.40. The molecule has 1 rings (SSSR count). The maximum Gasteiger partial charge on any atom is 0.233 e. The van der Waals surface area contributed by atoms with E-state index in [0.29, 0.717) is 25.6 Å². The molecular weight excluding hydrogens is 206 g/mol. The van der Waals surface area contributed by atoms with Crippen molar-refractivity contribution in [2.45, 2.75) is 45.2 Å². The predicted molar refractivity (Wildman–Crippen MR) is 61.9 cm³/mol. The summed E-state index contributed by atoms with van der Waals surface area (Å²) in [7, 11) is 0. The molecule has 5 nitrogen and oxygen atoms in total. The molecule has 0 atom stereocenters. The molecule has 0 saturated heterocycles. The van der Waals surface area contributed by atoms with Gasteiger partial charge in [-0.3, -0.25) is 9.59 Å². The summed E-state index contributed by atoms with van der Waals surface area (Å²) in [5.41, 5.74) is 0. The Labute approximate surface area is 96.4 Å². The molecule has 1 aliphatic carbocycles. The van der Waals surface area contributed by atoms with Crippen molar-refractivity contribution < 1.29 is 9.59 Å². The molecule has 1 aliphatic rings. The molecule has 0 spiro atoms. The lowest BCUT2D eigenvalue weighted by Crippen LogP contribution is -2.38. The minimum Gasteiger partial charge on any atom is -0.354 e. The van der Waals surface area contributed by atoms with Crippen LogP contribution in [0.5, 0.6) is 0 Å². The number of amides is 2. The Morgan fingerprint density at radius 2 is 1.94 bits per heavy atom. The Morgan fingerprint density at radius 3 is 2.50 bits per heavy atom. The van der Waals surface area contributed by atoms with Crippen LogP contribution in [-0.4, -0.2) is 37.0 Å². The first-order chi connectivity index (χ1) is 7.58. The standard InChI is InChI=1S/C11H21N3O2/c1-8(2)14-10(15)5-6-12-11(16)7-13-9-3-4-9/h8-9,13H,3-7H2,1-2H3,(H,12,16)(H,14,15). The van der Waals surface area contributed by atoms with Crippen LogP contribution < -0.4 is 16.0 Å². The molecule has 5 heteroatoms. The Hall–Kier alpha value is -1.10. The van der Waals surface area contributed by atoms with E-state index in [2.05, 4.69) is 16.0 Å². The van der Waals surface area contributed by atoms with E-state index in [4.69, 9.17) is 0 Å². The molecule has 92 valence electrons. The van der Waals surface area contributed by atoms with Crippen molar-refractivity contribution in [1.29, 1.82) is 0 Å². The number of hydrogen-bond donors (Lipinski definition) is 3. The molecule has 0 aromatic rings. The molecule has 16 heavy (non-hydrogen) atoms. The van der Waals surface area contributed by atoms with Gasteiger partial charge in [-0.1, -0.05) is 0 Å². The van der Waals surface area contributed by atoms with Crippen LogP contribution in [0.15, 0.2) is 0 Å². The SMILES string of the molecule is CC(C)NC(=O)CCNC(=O)CNC1CC1. The van der Waals surface area contributed by atoms with E-state index in [1.807, 2.05) is 13.8 Å². The van der Waals surface area contributed by atoms with E-state index in [9.17, 15) is 9.59 Å². The van der Waals surface area contributed by atoms with Gasteiger partial charge in [0.25, 0.3) is 0 Å². The summed E-state index contributed by atoms with van der Waals surface area (Å²) in [4.78, 5) is 22.5. The molecular formula is C11H21N3O2. The minimum atomic E-state index is -0.0377. The van der Waals surface area contributed by atoms with E-state index in [1.165, 1.54) is 12.8 Å². The van der Waals surface area contributed by atoms with Crippen LogP contribution in [0.25, 0.3) is 0 Å². The van der Waals surface area contributed by atoms with E-state index >= 15 is 0 Å². The molecule has 1 fully saturated rings. The lowest BCUT2D eigenvalue weighted by atomic mass is 10.3. The zero-order valence-electron chi connectivity index (χ0n) is 10.0. The zero-order valence-corrected chi connectivity index (χ0v) is 10.0. The van der Waals surface area contributed by atoms with Crippen molar-refractivity contribution in [3.63, 3.8) is 0 Å². The summed E-state index contributed by atoms with van der Waals surface area (Å²) in [6, 6.07) is 0.690. The van der Waals surface area contributed by atoms with Gasteiger partial charge >= 0.3 is 0 Å². The number of nitrogens with one attached hydrogen (secondary N) is 3. The highest BCUT2D eigenvalue weighted by atomic mass is 16.2. The van der Waals surface area contributed by atoms with Crippen LogP contribution in [-0.2, 0) is 9.59 Å². The second-order valence-electron chi connectivity index (χ2n) is 4.48. The molecule has 2 amide bonds. The first-order valence-electron chi connectivity index (χ1n) is 5.87. The minimum absolute atomic E-state index is 0.0227. The van der Waals surface area contributed by atoms with Crippen molar-refractivity contribution >= 4 is 11.8 Å². The van der Waals surface area contributed by atoms with Gasteiger partial charge in [0.1, 0.15) is 0 Å². The first-order valence-corrected chi connectivity index (χ1v) is 5.87. The van der Waals surface area contributed by atoms with Gasteiger partial charge in [-0.25, -0.2) is 0 Å². The van der Waals surface area contributed by atoms with Crippen LogP contribution in [0.4, 0.5) is 0 Å². The van der Waals surface area contributed by atoms with Crippen LogP contribution in [0.3, 0.4) is 0 Å². The average molecular weight is 227 g/mol. The van der Waals surface area contributed by atoms with Crippen molar-refractivity contribution in [2.24, 2.45) is 0 Å². The summed E-state index contributed by atoms with van der Waals surface area (Å²) in [6.07, 6.45) is 2.68. The van der Waals surface area contributed by atoms with Gasteiger partial charge in [-0.05, 0) is 26.7 Å². The van der Waals surface area contributed by atoms with Gasteiger partial charge in [0.2, 0.25) is 11.8 Å². The monoisotopic (exact) mass is 227 g/mol. The molecule has 0 unspecified atom stereocenters. The average Bonchev–Trinajstić information content (AvgIpc) is 2.96. The summed E-state index contributed by atoms with van der Waals surface area (Å²) in [6.45, 7) is 4.59. The predicted octanol–water partition coefficient (Wildman–Crippen LogP) is -0.231. The first kappa shape index (κ1) is 13.0. The third-order valence-corrected chi connectivity index (χ3v) is 2.25. The smallest absolute Gasteiger partial charge is 0.233 e. The van der Waals surface area contributed by atoms with Crippen molar-refractivity contribution in [2.75, 3.05) is 13.1 Å². The molecule has 1 saturated carbocycles. The second kappa shape index (κ2) is 6.48. The fourth-order valence-corrected chi connectivity index (χ4v) is 1.30. The van der Waals surface area contributed by atoms with E-state index < -0.39 is 0 Å². The number of rotatable bonds is 7. The fraction of sp³-hybridized carbons (Fsp3) is 0.818. The van der Waals surface area contributed by atoms with Crippen LogP contribution >= 0.6 is 0 Å². The second-order valence-corrected chi connectivity index (χ2v) is 4.48. The highest BCUT2D eigenvalue weighted by molar-refractivity contribution is 5.80. The quantitative estimate of drug-likeness (QED) is 0.562. The van der Waals surface area contributed by atoms with E-state index in [1.54, 1.807) is 0 Å². The molecule has 0 aromatic heterocycles. The normalized spacial score (nSPS) is 14.9. The molecule has 0 bridgehead atoms. The fourth-order valence-electron chi connectivity index (χ4n) is 1.30. The Balaban J connectivity index is 1.96. The van der Waals surface area contributed by atoms with Crippen LogP contribution in [0.2, 0.25) is 0 Å². The van der Waals surface area contributed by atoms with Gasteiger partial charge in [-0.15, -0.1) is 0 Å². The Kier molecular flexibility index (Phi) is 5.25. The molecule has 0 heterocycles. The summed E-state index contributed by atoms with van der Waals surface area (Å²) in [5.74, 6) is -0.0605. The Morgan fingerprint density at radius 1 is 1.25 bits per heavy atom. The number of carbonyl (C=O) groups is 2. The van der Waals surface area contributed by atoms with Gasteiger partial charge in [0.15, 0.2) is 0 Å². The summed E-state index contributed by atoms with van der Waals surface area (Å²) in [5, 5.41) is 8.59. The summed E-state index contributed by atoms with van der Waals surface area (Å²) >= 11 is 0. The lowest BCUT2D eigenvalue weighted by Gasteiger charge is -2.09. The van der Waals surface area contributed by atoms with Gasteiger partial charge in [-0.2, -0.15) is 0 Å². The van der Waals surface area contributed by atoms with Gasteiger partial charge in [0, 0.05) is 25.0 Å². The van der Waals surface area contributed by atoms with Crippen molar-refractivity contribution in [3.05, 3.63) is 0 Å². The maximum atomic E-state index is 11.3.